The molecule has 4 heteroatoms. The van der Waals surface area contributed by atoms with Gasteiger partial charge in [-0.3, -0.25) is 0 Å². The van der Waals surface area contributed by atoms with E-state index in [9.17, 15) is 0 Å². The maximum atomic E-state index is 6.23. The van der Waals surface area contributed by atoms with Gasteiger partial charge >= 0.3 is 0 Å². The Morgan fingerprint density at radius 3 is 3.00 bits per heavy atom. The minimum Gasteiger partial charge on any atom is -0.489 e. The Morgan fingerprint density at radius 2 is 2.37 bits per heavy atom. The fourth-order valence-electron chi connectivity index (χ4n) is 2.19. The van der Waals surface area contributed by atoms with E-state index in [0.717, 1.165) is 43.6 Å². The summed E-state index contributed by atoms with van der Waals surface area (Å²) in [5.41, 5.74) is 7.10. The summed E-state index contributed by atoms with van der Waals surface area (Å²) in [4.78, 5) is 0. The molecular weight excluding hydrogens is 262 g/mol. The molecule has 0 spiro atoms. The van der Waals surface area contributed by atoms with Crippen molar-refractivity contribution in [1.82, 2.24) is 0 Å². The van der Waals surface area contributed by atoms with Gasteiger partial charge in [0, 0.05) is 12.6 Å². The van der Waals surface area contributed by atoms with Crippen molar-refractivity contribution in [2.24, 2.45) is 5.73 Å². The summed E-state index contributed by atoms with van der Waals surface area (Å²) in [6.45, 7) is 3.51. The minimum atomic E-state index is 0.190. The summed E-state index contributed by atoms with van der Waals surface area (Å²) in [7, 11) is 0. The van der Waals surface area contributed by atoms with Crippen LogP contribution in [0.4, 0.5) is 0 Å². The molecule has 2 atom stereocenters. The van der Waals surface area contributed by atoms with Crippen LogP contribution in [-0.2, 0) is 11.2 Å². The zero-order valence-electron chi connectivity index (χ0n) is 11.4. The Balaban J connectivity index is 1.90. The Kier molecular flexibility index (Phi) is 5.49. The molecule has 1 heterocycles. The molecule has 0 aliphatic carbocycles. The second-order valence-corrected chi connectivity index (χ2v) is 5.49. The van der Waals surface area contributed by atoms with E-state index in [2.05, 4.69) is 6.92 Å². The number of ether oxygens (including phenoxy) is 2. The Hall–Kier alpha value is -0.770. The van der Waals surface area contributed by atoms with Crippen molar-refractivity contribution < 1.29 is 9.47 Å². The molecule has 2 unspecified atom stereocenters. The van der Waals surface area contributed by atoms with Gasteiger partial charge in [-0.15, -0.1) is 0 Å². The van der Waals surface area contributed by atoms with Crippen LogP contribution in [0.15, 0.2) is 18.2 Å². The smallest absolute Gasteiger partial charge is 0.138 e. The minimum absolute atomic E-state index is 0.190. The normalized spacial score (nSPS) is 20.5. The Bertz CT molecular complexity index is 405. The predicted octanol–water partition coefficient (Wildman–Crippen LogP) is 3.18. The van der Waals surface area contributed by atoms with E-state index in [0.29, 0.717) is 11.6 Å². The molecule has 1 fully saturated rings. The van der Waals surface area contributed by atoms with E-state index in [1.54, 1.807) is 0 Å². The number of halogens is 1. The molecule has 2 rings (SSSR count). The molecule has 1 aromatic carbocycles. The molecule has 1 aromatic rings. The van der Waals surface area contributed by atoms with Crippen LogP contribution in [0.3, 0.4) is 0 Å². The largest absolute Gasteiger partial charge is 0.489 e. The molecule has 3 nitrogen and oxygen atoms in total. The Labute approximate surface area is 120 Å². The molecule has 2 N–H and O–H groups in total. The third-order valence-corrected chi connectivity index (χ3v) is 3.76. The van der Waals surface area contributed by atoms with Crippen LogP contribution >= 0.6 is 11.6 Å². The van der Waals surface area contributed by atoms with Gasteiger partial charge in [-0.25, -0.2) is 0 Å². The van der Waals surface area contributed by atoms with E-state index in [-0.39, 0.29) is 12.1 Å². The zero-order valence-corrected chi connectivity index (χ0v) is 12.2. The third-order valence-electron chi connectivity index (χ3n) is 3.47. The molecule has 106 valence electrons. The average molecular weight is 284 g/mol. The molecule has 0 amide bonds. The summed E-state index contributed by atoms with van der Waals surface area (Å²) in [6.07, 6.45) is 4.22. The molecule has 19 heavy (non-hydrogen) atoms. The van der Waals surface area contributed by atoms with E-state index in [4.69, 9.17) is 26.8 Å². The molecule has 0 saturated carbocycles. The summed E-state index contributed by atoms with van der Waals surface area (Å²) >= 11 is 6.23. The lowest BCUT2D eigenvalue weighted by Gasteiger charge is -2.14. The second kappa shape index (κ2) is 7.13. The van der Waals surface area contributed by atoms with Gasteiger partial charge in [0.25, 0.3) is 0 Å². The highest BCUT2D eigenvalue weighted by Crippen LogP contribution is 2.27. The first-order valence-corrected chi connectivity index (χ1v) is 7.35. The maximum absolute atomic E-state index is 6.23. The molecule has 1 aliphatic rings. The first-order valence-electron chi connectivity index (χ1n) is 6.97. The fourth-order valence-corrected chi connectivity index (χ4v) is 2.45. The summed E-state index contributed by atoms with van der Waals surface area (Å²) in [6, 6.07) is 6.10. The summed E-state index contributed by atoms with van der Waals surface area (Å²) in [5.74, 6) is 0.728. The Morgan fingerprint density at radius 1 is 1.53 bits per heavy atom. The molecule has 0 radical (unpaired) electrons. The third kappa shape index (κ3) is 4.37. The van der Waals surface area contributed by atoms with Crippen LogP contribution in [0.5, 0.6) is 5.75 Å². The topological polar surface area (TPSA) is 44.5 Å². The first kappa shape index (κ1) is 14.6. The van der Waals surface area contributed by atoms with E-state index < -0.39 is 0 Å². The predicted molar refractivity (Wildman–Crippen MR) is 77.9 cm³/mol. The van der Waals surface area contributed by atoms with E-state index in [1.807, 2.05) is 18.2 Å². The van der Waals surface area contributed by atoms with Crippen LogP contribution in [0.25, 0.3) is 0 Å². The SMILES string of the molecule is CCC(N)Cc1ccc(OCC2CCCO2)c(Cl)c1. The molecule has 0 aromatic heterocycles. The highest BCUT2D eigenvalue weighted by molar-refractivity contribution is 6.32. The summed E-state index contributed by atoms with van der Waals surface area (Å²) in [5, 5.41) is 0.652. The lowest BCUT2D eigenvalue weighted by atomic mass is 10.0. The monoisotopic (exact) mass is 283 g/mol. The van der Waals surface area contributed by atoms with Crippen molar-refractivity contribution in [2.45, 2.75) is 44.8 Å². The van der Waals surface area contributed by atoms with Gasteiger partial charge in [0.2, 0.25) is 0 Å². The highest BCUT2D eigenvalue weighted by atomic mass is 35.5. The van der Waals surface area contributed by atoms with E-state index in [1.165, 1.54) is 0 Å². The standard InChI is InChI=1S/C15H22ClNO2/c1-2-12(17)8-11-5-6-15(14(16)9-11)19-10-13-4-3-7-18-13/h5-6,9,12-13H,2-4,7-8,10,17H2,1H3. The number of rotatable bonds is 6. The van der Waals surface area contributed by atoms with Crippen molar-refractivity contribution >= 4 is 11.6 Å². The van der Waals surface area contributed by atoms with Crippen LogP contribution in [0.2, 0.25) is 5.02 Å². The summed E-state index contributed by atoms with van der Waals surface area (Å²) < 4.78 is 11.2. The average Bonchev–Trinajstić information content (AvgIpc) is 2.91. The number of nitrogens with two attached hydrogens (primary N) is 1. The van der Waals surface area contributed by atoms with Gasteiger partial charge in [0.1, 0.15) is 12.4 Å². The quantitative estimate of drug-likeness (QED) is 0.872. The molecular formula is C15H22ClNO2. The van der Waals surface area contributed by atoms with Crippen molar-refractivity contribution in [1.29, 1.82) is 0 Å². The van der Waals surface area contributed by atoms with Crippen molar-refractivity contribution in [3.63, 3.8) is 0 Å². The molecule has 0 bridgehead atoms. The number of hydrogen-bond acceptors (Lipinski definition) is 3. The van der Waals surface area contributed by atoms with Gasteiger partial charge in [-0.1, -0.05) is 24.6 Å². The van der Waals surface area contributed by atoms with Gasteiger partial charge in [-0.2, -0.15) is 0 Å². The molecule has 1 aliphatic heterocycles. The highest BCUT2D eigenvalue weighted by Gasteiger charge is 2.16. The van der Waals surface area contributed by atoms with Crippen molar-refractivity contribution in [2.75, 3.05) is 13.2 Å². The van der Waals surface area contributed by atoms with Crippen molar-refractivity contribution in [3.05, 3.63) is 28.8 Å². The lowest BCUT2D eigenvalue weighted by Crippen LogP contribution is -2.21. The van der Waals surface area contributed by atoms with Crippen LogP contribution in [0, 0.1) is 0 Å². The second-order valence-electron chi connectivity index (χ2n) is 5.08. The number of hydrogen-bond donors (Lipinski definition) is 1. The van der Waals surface area contributed by atoms with Crippen molar-refractivity contribution in [3.8, 4) is 5.75 Å². The number of benzene rings is 1. The fraction of sp³-hybridized carbons (Fsp3) is 0.600. The zero-order chi connectivity index (χ0) is 13.7. The van der Waals surface area contributed by atoms with Gasteiger partial charge in [0.15, 0.2) is 0 Å². The maximum Gasteiger partial charge on any atom is 0.138 e. The first-order chi connectivity index (χ1) is 9.19. The van der Waals surface area contributed by atoms with Crippen LogP contribution in [0.1, 0.15) is 31.7 Å². The molecule has 1 saturated heterocycles. The van der Waals surface area contributed by atoms with Gasteiger partial charge in [0.05, 0.1) is 11.1 Å². The van der Waals surface area contributed by atoms with Crippen LogP contribution < -0.4 is 10.5 Å². The van der Waals surface area contributed by atoms with Gasteiger partial charge < -0.3 is 15.2 Å². The van der Waals surface area contributed by atoms with E-state index >= 15 is 0 Å². The van der Waals surface area contributed by atoms with Gasteiger partial charge in [-0.05, 0) is 43.4 Å². The van der Waals surface area contributed by atoms with Crippen LogP contribution in [-0.4, -0.2) is 25.4 Å². The lowest BCUT2D eigenvalue weighted by molar-refractivity contribution is 0.0680.